The Bertz CT molecular complexity index is 368. The number of nitrogens with one attached hydrogen (secondary N) is 1. The fourth-order valence-corrected chi connectivity index (χ4v) is 2.36. The summed E-state index contributed by atoms with van der Waals surface area (Å²) in [5, 5.41) is 12.3. The molecule has 0 aliphatic heterocycles. The summed E-state index contributed by atoms with van der Waals surface area (Å²) >= 11 is 1.48. The fourth-order valence-electron chi connectivity index (χ4n) is 1.56. The van der Waals surface area contributed by atoms with E-state index in [9.17, 15) is 9.90 Å². The molecule has 0 heterocycles. The van der Waals surface area contributed by atoms with Crippen LogP contribution in [0.5, 0.6) is 0 Å². The number of carbonyl (C=O) groups excluding carboxylic acids is 1. The molecular formula is C15H23NO2S. The minimum Gasteiger partial charge on any atom is -0.392 e. The van der Waals surface area contributed by atoms with Crippen molar-refractivity contribution in [1.29, 1.82) is 0 Å². The minimum atomic E-state index is -0.379. The van der Waals surface area contributed by atoms with Crippen molar-refractivity contribution >= 4 is 17.7 Å². The molecular weight excluding hydrogens is 258 g/mol. The Morgan fingerprint density at radius 2 is 2.00 bits per heavy atom. The number of aliphatic hydroxyl groups excluding tert-OH is 1. The molecule has 1 aromatic rings. The lowest BCUT2D eigenvalue weighted by molar-refractivity contribution is -0.118. The molecule has 0 saturated heterocycles. The monoisotopic (exact) mass is 281 g/mol. The maximum atomic E-state index is 11.6. The highest BCUT2D eigenvalue weighted by atomic mass is 32.2. The average Bonchev–Trinajstić information content (AvgIpc) is 2.42. The predicted octanol–water partition coefficient (Wildman–Crippen LogP) is 2.24. The lowest BCUT2D eigenvalue weighted by Gasteiger charge is -2.13. The van der Waals surface area contributed by atoms with Crippen LogP contribution < -0.4 is 5.32 Å². The number of benzene rings is 1. The number of amides is 1. The summed E-state index contributed by atoms with van der Waals surface area (Å²) in [6, 6.07) is 10.3. The average molecular weight is 281 g/mol. The summed E-state index contributed by atoms with van der Waals surface area (Å²) in [5.74, 6) is 0.461. The lowest BCUT2D eigenvalue weighted by Crippen LogP contribution is -2.28. The zero-order chi connectivity index (χ0) is 14.1. The molecule has 106 valence electrons. The fraction of sp³-hybridized carbons (Fsp3) is 0.533. The van der Waals surface area contributed by atoms with E-state index in [0.29, 0.717) is 12.3 Å². The molecule has 3 nitrogen and oxygen atoms in total. The van der Waals surface area contributed by atoms with E-state index in [1.807, 2.05) is 25.1 Å². The third-order valence-electron chi connectivity index (χ3n) is 2.96. The van der Waals surface area contributed by atoms with Crippen LogP contribution in [0.3, 0.4) is 0 Å². The first-order chi connectivity index (χ1) is 9.09. The van der Waals surface area contributed by atoms with Gasteiger partial charge in [0, 0.05) is 11.8 Å². The number of aryl methyl sites for hydroxylation is 1. The second kappa shape index (κ2) is 8.99. The third-order valence-corrected chi connectivity index (χ3v) is 4.31. The van der Waals surface area contributed by atoms with Crippen LogP contribution in [0, 0.1) is 0 Å². The number of hydrogen-bond donors (Lipinski definition) is 2. The molecule has 0 radical (unpaired) electrons. The Hall–Kier alpha value is -1.00. The van der Waals surface area contributed by atoms with Crippen LogP contribution in [0.25, 0.3) is 0 Å². The van der Waals surface area contributed by atoms with Crippen molar-refractivity contribution in [2.45, 2.75) is 38.0 Å². The van der Waals surface area contributed by atoms with Gasteiger partial charge in [-0.1, -0.05) is 37.3 Å². The molecule has 0 aliphatic rings. The SMILES string of the molecule is CC(O)C(C)SCC(=O)NCCCc1ccccc1. The van der Waals surface area contributed by atoms with Gasteiger partial charge in [0.2, 0.25) is 5.91 Å². The molecule has 1 amide bonds. The standard InChI is InChI=1S/C15H23NO2S/c1-12(17)13(2)19-11-15(18)16-10-6-9-14-7-4-3-5-8-14/h3-5,7-8,12-13,17H,6,9-11H2,1-2H3,(H,16,18). The third kappa shape index (κ3) is 7.23. The Morgan fingerprint density at radius 1 is 1.32 bits per heavy atom. The molecule has 0 aromatic heterocycles. The van der Waals surface area contributed by atoms with E-state index in [4.69, 9.17) is 0 Å². The highest BCUT2D eigenvalue weighted by Gasteiger charge is 2.11. The number of thioether (sulfide) groups is 1. The summed E-state index contributed by atoms with van der Waals surface area (Å²) in [7, 11) is 0. The smallest absolute Gasteiger partial charge is 0.230 e. The topological polar surface area (TPSA) is 49.3 Å². The number of hydrogen-bond acceptors (Lipinski definition) is 3. The predicted molar refractivity (Wildman–Crippen MR) is 81.4 cm³/mol. The van der Waals surface area contributed by atoms with Crippen molar-refractivity contribution in [2.24, 2.45) is 0 Å². The van der Waals surface area contributed by atoms with Crippen LogP contribution in [-0.2, 0) is 11.2 Å². The summed E-state index contributed by atoms with van der Waals surface area (Å²) in [6.07, 6.45) is 1.56. The Balaban J connectivity index is 2.08. The highest BCUT2D eigenvalue weighted by molar-refractivity contribution is 8.00. The minimum absolute atomic E-state index is 0.0468. The van der Waals surface area contributed by atoms with Crippen LogP contribution in [0.4, 0.5) is 0 Å². The molecule has 0 saturated carbocycles. The van der Waals surface area contributed by atoms with Gasteiger partial charge in [0.15, 0.2) is 0 Å². The van der Waals surface area contributed by atoms with E-state index < -0.39 is 0 Å². The van der Waals surface area contributed by atoms with Gasteiger partial charge in [-0.15, -0.1) is 11.8 Å². The van der Waals surface area contributed by atoms with E-state index in [0.717, 1.165) is 12.8 Å². The van der Waals surface area contributed by atoms with Crippen LogP contribution in [0.1, 0.15) is 25.8 Å². The molecule has 0 bridgehead atoms. The van der Waals surface area contributed by atoms with Crippen LogP contribution in [0.15, 0.2) is 30.3 Å². The van der Waals surface area contributed by atoms with Crippen LogP contribution >= 0.6 is 11.8 Å². The summed E-state index contributed by atoms with van der Waals surface area (Å²) < 4.78 is 0. The molecule has 2 unspecified atom stereocenters. The van der Waals surface area contributed by atoms with Gasteiger partial charge in [-0.05, 0) is 25.3 Å². The Kier molecular flexibility index (Phi) is 7.60. The van der Waals surface area contributed by atoms with Crippen LogP contribution in [-0.4, -0.2) is 34.7 Å². The lowest BCUT2D eigenvalue weighted by atomic mass is 10.1. The van der Waals surface area contributed by atoms with Crippen LogP contribution in [0.2, 0.25) is 0 Å². The summed E-state index contributed by atoms with van der Waals surface area (Å²) in [6.45, 7) is 4.38. The quantitative estimate of drug-likeness (QED) is 0.719. The molecule has 0 aliphatic carbocycles. The van der Waals surface area contributed by atoms with Crippen molar-refractivity contribution in [2.75, 3.05) is 12.3 Å². The van der Waals surface area contributed by atoms with Gasteiger partial charge in [-0.2, -0.15) is 0 Å². The maximum absolute atomic E-state index is 11.6. The van der Waals surface area contributed by atoms with Crippen molar-refractivity contribution in [3.8, 4) is 0 Å². The van der Waals surface area contributed by atoms with Gasteiger partial charge in [0.25, 0.3) is 0 Å². The van der Waals surface area contributed by atoms with Gasteiger partial charge in [0.05, 0.1) is 11.9 Å². The van der Waals surface area contributed by atoms with Gasteiger partial charge >= 0.3 is 0 Å². The van der Waals surface area contributed by atoms with E-state index >= 15 is 0 Å². The van der Waals surface area contributed by atoms with E-state index in [-0.39, 0.29) is 17.3 Å². The first-order valence-corrected chi connectivity index (χ1v) is 7.74. The number of aliphatic hydroxyl groups is 1. The molecule has 2 atom stereocenters. The molecule has 0 fully saturated rings. The van der Waals surface area contributed by atoms with E-state index in [2.05, 4.69) is 17.4 Å². The first kappa shape index (κ1) is 16.1. The van der Waals surface area contributed by atoms with E-state index in [1.54, 1.807) is 6.92 Å². The number of rotatable bonds is 8. The largest absolute Gasteiger partial charge is 0.392 e. The first-order valence-electron chi connectivity index (χ1n) is 6.70. The maximum Gasteiger partial charge on any atom is 0.230 e. The van der Waals surface area contributed by atoms with Crippen molar-refractivity contribution in [3.63, 3.8) is 0 Å². The summed E-state index contributed by atoms with van der Waals surface area (Å²) in [5.41, 5.74) is 1.30. The molecule has 1 rings (SSSR count). The van der Waals surface area contributed by atoms with Crippen molar-refractivity contribution in [1.82, 2.24) is 5.32 Å². The van der Waals surface area contributed by atoms with Gasteiger partial charge < -0.3 is 10.4 Å². The number of carbonyl (C=O) groups is 1. The Labute approximate surface area is 119 Å². The second-order valence-electron chi connectivity index (χ2n) is 4.70. The molecule has 2 N–H and O–H groups in total. The summed E-state index contributed by atoms with van der Waals surface area (Å²) in [4.78, 5) is 11.6. The molecule has 19 heavy (non-hydrogen) atoms. The van der Waals surface area contributed by atoms with Crippen molar-refractivity contribution in [3.05, 3.63) is 35.9 Å². The normalized spacial score (nSPS) is 13.8. The van der Waals surface area contributed by atoms with E-state index in [1.165, 1.54) is 17.3 Å². The molecule has 0 spiro atoms. The zero-order valence-corrected chi connectivity index (χ0v) is 12.5. The molecule has 4 heteroatoms. The zero-order valence-electron chi connectivity index (χ0n) is 11.6. The van der Waals surface area contributed by atoms with Gasteiger partial charge in [-0.25, -0.2) is 0 Å². The second-order valence-corrected chi connectivity index (χ2v) is 6.06. The highest BCUT2D eigenvalue weighted by Crippen LogP contribution is 2.13. The van der Waals surface area contributed by atoms with Crippen molar-refractivity contribution < 1.29 is 9.90 Å². The Morgan fingerprint density at radius 3 is 2.63 bits per heavy atom. The van der Waals surface area contributed by atoms with Gasteiger partial charge in [0.1, 0.15) is 0 Å². The molecule has 1 aromatic carbocycles. The van der Waals surface area contributed by atoms with Gasteiger partial charge in [-0.3, -0.25) is 4.79 Å².